The summed E-state index contributed by atoms with van der Waals surface area (Å²) in [6.07, 6.45) is 3.93. The van der Waals surface area contributed by atoms with Crippen molar-refractivity contribution in [1.29, 1.82) is 0 Å². The summed E-state index contributed by atoms with van der Waals surface area (Å²) in [5.74, 6) is -1.07. The van der Waals surface area contributed by atoms with Gasteiger partial charge in [-0.1, -0.05) is 13.8 Å². The van der Waals surface area contributed by atoms with Gasteiger partial charge in [-0.2, -0.15) is 5.10 Å². The monoisotopic (exact) mass is 294 g/mol. The van der Waals surface area contributed by atoms with Crippen LogP contribution in [-0.4, -0.2) is 50.8 Å². The molecule has 0 radical (unpaired) electrons. The second-order valence-corrected chi connectivity index (χ2v) is 5.32. The van der Waals surface area contributed by atoms with Crippen LogP contribution in [0.4, 0.5) is 0 Å². The number of hydrogen-bond acceptors (Lipinski definition) is 4. The summed E-state index contributed by atoms with van der Waals surface area (Å²) in [7, 11) is 0. The quantitative estimate of drug-likeness (QED) is 0.803. The van der Waals surface area contributed by atoms with Crippen molar-refractivity contribution < 1.29 is 14.7 Å². The van der Waals surface area contributed by atoms with E-state index >= 15 is 0 Å². The number of nitrogens with one attached hydrogen (secondary N) is 1. The molecule has 1 amide bonds. The smallest absolute Gasteiger partial charge is 0.322 e. The fourth-order valence-corrected chi connectivity index (χ4v) is 2.64. The third kappa shape index (κ3) is 3.60. The van der Waals surface area contributed by atoms with Gasteiger partial charge in [-0.05, 0) is 18.9 Å². The van der Waals surface area contributed by atoms with E-state index in [1.54, 1.807) is 4.90 Å². The molecule has 1 aromatic rings. The van der Waals surface area contributed by atoms with Gasteiger partial charge in [0.15, 0.2) is 0 Å². The van der Waals surface area contributed by atoms with Crippen LogP contribution in [0.1, 0.15) is 38.4 Å². The Morgan fingerprint density at radius 2 is 2.24 bits per heavy atom. The average molecular weight is 294 g/mol. The van der Waals surface area contributed by atoms with Gasteiger partial charge in [-0.15, -0.1) is 0 Å². The van der Waals surface area contributed by atoms with Gasteiger partial charge in [0.05, 0.1) is 18.3 Å². The molecular weight excluding hydrogens is 272 g/mol. The summed E-state index contributed by atoms with van der Waals surface area (Å²) < 4.78 is 1.93. The molecule has 1 aromatic heterocycles. The normalized spacial score (nSPS) is 19.8. The predicted molar refractivity (Wildman–Crippen MR) is 76.7 cm³/mol. The topological polar surface area (TPSA) is 87.5 Å². The number of nitrogens with zero attached hydrogens (tertiary/aromatic N) is 3. The summed E-state index contributed by atoms with van der Waals surface area (Å²) in [5, 5.41) is 16.3. The number of rotatable bonds is 6. The number of aliphatic carboxylic acids is 1. The van der Waals surface area contributed by atoms with E-state index in [2.05, 4.69) is 24.3 Å². The molecule has 2 heterocycles. The maximum absolute atomic E-state index is 11.5. The Morgan fingerprint density at radius 3 is 2.86 bits per heavy atom. The van der Waals surface area contributed by atoms with Crippen molar-refractivity contribution in [2.45, 2.75) is 45.3 Å². The van der Waals surface area contributed by atoms with Crippen molar-refractivity contribution in [1.82, 2.24) is 20.0 Å². The van der Waals surface area contributed by atoms with Crippen molar-refractivity contribution in [2.24, 2.45) is 0 Å². The van der Waals surface area contributed by atoms with Crippen LogP contribution in [0.3, 0.4) is 0 Å². The molecule has 1 saturated heterocycles. The van der Waals surface area contributed by atoms with E-state index in [1.165, 1.54) is 0 Å². The predicted octanol–water partition coefficient (Wildman–Crippen LogP) is 0.629. The van der Waals surface area contributed by atoms with Crippen molar-refractivity contribution in [3.63, 3.8) is 0 Å². The first-order valence-electron chi connectivity index (χ1n) is 7.32. The summed E-state index contributed by atoms with van der Waals surface area (Å²) in [6, 6.07) is 1.56. The first-order chi connectivity index (χ1) is 10.0. The van der Waals surface area contributed by atoms with Gasteiger partial charge in [0.25, 0.3) is 0 Å². The molecule has 2 N–H and O–H groups in total. The molecule has 1 aliphatic heterocycles. The van der Waals surface area contributed by atoms with Gasteiger partial charge in [-0.3, -0.25) is 19.2 Å². The van der Waals surface area contributed by atoms with Crippen LogP contribution < -0.4 is 5.32 Å². The molecule has 2 rings (SSSR count). The van der Waals surface area contributed by atoms with E-state index in [-0.39, 0.29) is 19.0 Å². The van der Waals surface area contributed by atoms with Crippen molar-refractivity contribution in [3.8, 4) is 0 Å². The summed E-state index contributed by atoms with van der Waals surface area (Å²) >= 11 is 0. The lowest BCUT2D eigenvalue weighted by Crippen LogP contribution is -2.57. The minimum absolute atomic E-state index is 0.0921. The molecule has 1 unspecified atom stereocenters. The number of carbonyl (C=O) groups is 2. The number of carboxylic acid groups (broad SMARTS) is 1. The van der Waals surface area contributed by atoms with E-state index in [4.69, 9.17) is 0 Å². The third-order valence-electron chi connectivity index (χ3n) is 3.91. The lowest BCUT2D eigenvalue weighted by molar-refractivity contribution is -0.146. The molecule has 0 saturated carbocycles. The molecule has 0 aromatic carbocycles. The molecule has 0 spiro atoms. The fraction of sp³-hybridized carbons (Fsp3) is 0.643. The second-order valence-electron chi connectivity index (χ2n) is 5.32. The Labute approximate surface area is 123 Å². The Morgan fingerprint density at radius 1 is 1.52 bits per heavy atom. The third-order valence-corrected chi connectivity index (χ3v) is 3.91. The highest BCUT2D eigenvalue weighted by atomic mass is 16.4. The Balaban J connectivity index is 2.08. The van der Waals surface area contributed by atoms with Crippen LogP contribution in [0.15, 0.2) is 12.3 Å². The maximum Gasteiger partial charge on any atom is 0.322 e. The zero-order valence-corrected chi connectivity index (χ0v) is 12.5. The zero-order valence-electron chi connectivity index (χ0n) is 12.5. The van der Waals surface area contributed by atoms with E-state index in [0.717, 1.165) is 18.5 Å². The first kappa shape index (κ1) is 15.5. The van der Waals surface area contributed by atoms with Crippen LogP contribution in [0.25, 0.3) is 0 Å². The molecule has 0 aliphatic carbocycles. The number of carbonyl (C=O) groups excluding carboxylic acids is 1. The van der Waals surface area contributed by atoms with Gasteiger partial charge in [0, 0.05) is 19.3 Å². The van der Waals surface area contributed by atoms with Crippen LogP contribution >= 0.6 is 0 Å². The largest absolute Gasteiger partial charge is 0.480 e. The van der Waals surface area contributed by atoms with Crippen LogP contribution in [0.2, 0.25) is 0 Å². The molecule has 1 aliphatic rings. The van der Waals surface area contributed by atoms with Crippen LogP contribution in [0.5, 0.6) is 0 Å². The molecule has 1 atom stereocenters. The number of hydrogen-bond donors (Lipinski definition) is 2. The Kier molecular flexibility index (Phi) is 4.95. The van der Waals surface area contributed by atoms with Crippen molar-refractivity contribution in [3.05, 3.63) is 18.0 Å². The lowest BCUT2D eigenvalue weighted by Gasteiger charge is -2.31. The maximum atomic E-state index is 11.5. The van der Waals surface area contributed by atoms with Gasteiger partial charge >= 0.3 is 5.97 Å². The van der Waals surface area contributed by atoms with Gasteiger partial charge in [0.2, 0.25) is 5.91 Å². The minimum atomic E-state index is -0.922. The van der Waals surface area contributed by atoms with E-state index in [1.807, 2.05) is 16.9 Å². The number of amides is 1. The minimum Gasteiger partial charge on any atom is -0.480 e. The standard InChI is InChI=1S/C14H22N4O3/c1-3-11(4-2)18-6-5-10(16-18)8-17-9-13(19)15-7-12(17)14(20)21/h5-6,11-12H,3-4,7-9H2,1-2H3,(H,15,19)(H,20,21). The molecule has 1 fully saturated rings. The highest BCUT2D eigenvalue weighted by Crippen LogP contribution is 2.16. The van der Waals surface area contributed by atoms with Crippen LogP contribution in [0, 0.1) is 0 Å². The first-order valence-corrected chi connectivity index (χ1v) is 7.32. The highest BCUT2D eigenvalue weighted by Gasteiger charge is 2.32. The Hall–Kier alpha value is -1.89. The van der Waals surface area contributed by atoms with Crippen molar-refractivity contribution >= 4 is 11.9 Å². The molecule has 7 heteroatoms. The van der Waals surface area contributed by atoms with E-state index in [0.29, 0.717) is 12.6 Å². The second kappa shape index (κ2) is 6.71. The molecular formula is C14H22N4O3. The lowest BCUT2D eigenvalue weighted by atomic mass is 10.2. The number of aromatic nitrogens is 2. The summed E-state index contributed by atoms with van der Waals surface area (Å²) in [5.41, 5.74) is 0.794. The van der Waals surface area contributed by atoms with Gasteiger partial charge in [0.1, 0.15) is 6.04 Å². The molecule has 0 bridgehead atoms. The molecule has 116 valence electrons. The molecule has 7 nitrogen and oxygen atoms in total. The van der Waals surface area contributed by atoms with E-state index < -0.39 is 12.0 Å². The van der Waals surface area contributed by atoms with Gasteiger partial charge in [-0.25, -0.2) is 0 Å². The van der Waals surface area contributed by atoms with Gasteiger partial charge < -0.3 is 10.4 Å². The van der Waals surface area contributed by atoms with Crippen LogP contribution in [-0.2, 0) is 16.1 Å². The number of carboxylic acids is 1. The van der Waals surface area contributed by atoms with E-state index in [9.17, 15) is 14.7 Å². The fourth-order valence-electron chi connectivity index (χ4n) is 2.64. The number of piperazine rings is 1. The Bertz CT molecular complexity index is 510. The van der Waals surface area contributed by atoms with Crippen molar-refractivity contribution in [2.75, 3.05) is 13.1 Å². The average Bonchev–Trinajstić information content (AvgIpc) is 2.88. The summed E-state index contributed by atoms with van der Waals surface area (Å²) in [4.78, 5) is 24.4. The summed E-state index contributed by atoms with van der Waals surface area (Å²) in [6.45, 7) is 4.84. The highest BCUT2D eigenvalue weighted by molar-refractivity contribution is 5.83. The molecule has 21 heavy (non-hydrogen) atoms. The SMILES string of the molecule is CCC(CC)n1ccc(CN2CC(=O)NCC2C(=O)O)n1. The zero-order chi connectivity index (χ0) is 15.4.